The van der Waals surface area contributed by atoms with Gasteiger partial charge in [0.2, 0.25) is 5.91 Å². The number of carbonyl (C=O) groups is 1. The molecule has 0 aliphatic heterocycles. The second-order valence-corrected chi connectivity index (χ2v) is 4.22. The fourth-order valence-electron chi connectivity index (χ4n) is 1.34. The van der Waals surface area contributed by atoms with Gasteiger partial charge >= 0.3 is 0 Å². The first-order valence-electron chi connectivity index (χ1n) is 6.09. The van der Waals surface area contributed by atoms with E-state index in [1.807, 2.05) is 30.3 Å². The number of ether oxygens (including phenoxy) is 1. The Morgan fingerprint density at radius 1 is 1.37 bits per heavy atom. The summed E-state index contributed by atoms with van der Waals surface area (Å²) in [5.74, 6) is 0.698. The molecule has 0 aliphatic carbocycles. The van der Waals surface area contributed by atoms with Crippen molar-refractivity contribution in [3.8, 4) is 5.75 Å². The molecule has 0 saturated carbocycles. The largest absolute Gasteiger partial charge is 0.494 e. The molecule has 0 atom stereocenters. The first-order valence-corrected chi connectivity index (χ1v) is 6.49. The van der Waals surface area contributed by atoms with Gasteiger partial charge in [-0.05, 0) is 30.8 Å². The summed E-state index contributed by atoms with van der Waals surface area (Å²) >= 11 is 4.93. The predicted molar refractivity (Wildman–Crippen MR) is 80.1 cm³/mol. The maximum Gasteiger partial charge on any atom is 0.226 e. The molecule has 1 rings (SSSR count). The summed E-state index contributed by atoms with van der Waals surface area (Å²) in [6, 6.07) is 9.51. The summed E-state index contributed by atoms with van der Waals surface area (Å²) in [6.45, 7) is 4.59. The number of thiocarbonyl (C=S) groups is 1. The first-order chi connectivity index (χ1) is 9.22. The summed E-state index contributed by atoms with van der Waals surface area (Å²) in [6.07, 6.45) is 2.69. The van der Waals surface area contributed by atoms with E-state index in [0.29, 0.717) is 31.1 Å². The summed E-state index contributed by atoms with van der Waals surface area (Å²) in [5, 5.41) is 5.75. The summed E-state index contributed by atoms with van der Waals surface area (Å²) < 4.78 is 5.48. The van der Waals surface area contributed by atoms with Gasteiger partial charge in [0.1, 0.15) is 5.75 Å². The van der Waals surface area contributed by atoms with E-state index in [1.54, 1.807) is 6.08 Å². The minimum absolute atomic E-state index is 0.113. The van der Waals surface area contributed by atoms with Crippen molar-refractivity contribution in [1.29, 1.82) is 0 Å². The lowest BCUT2D eigenvalue weighted by atomic mass is 10.3. The second-order valence-electron chi connectivity index (χ2n) is 3.81. The Hall–Kier alpha value is -1.88. The molecule has 0 bridgehead atoms. The van der Waals surface area contributed by atoms with Crippen LogP contribution in [0, 0.1) is 0 Å². The molecule has 102 valence electrons. The molecule has 0 heterocycles. The van der Waals surface area contributed by atoms with Crippen LogP contribution in [0.1, 0.15) is 12.8 Å². The van der Waals surface area contributed by atoms with Crippen LogP contribution in [0.4, 0.5) is 0 Å². The number of nitrogens with one attached hydrogen (secondary N) is 2. The molecule has 0 aliphatic rings. The topological polar surface area (TPSA) is 50.4 Å². The zero-order valence-corrected chi connectivity index (χ0v) is 11.5. The molecule has 19 heavy (non-hydrogen) atoms. The molecule has 0 fully saturated rings. The third kappa shape index (κ3) is 7.21. The Bertz CT molecular complexity index is 421. The van der Waals surface area contributed by atoms with Gasteiger partial charge in [-0.15, -0.1) is 6.58 Å². The van der Waals surface area contributed by atoms with Crippen molar-refractivity contribution in [3.05, 3.63) is 43.0 Å². The Morgan fingerprint density at radius 3 is 2.79 bits per heavy atom. The van der Waals surface area contributed by atoms with Crippen LogP contribution in [-0.2, 0) is 4.79 Å². The lowest BCUT2D eigenvalue weighted by Gasteiger charge is -2.08. The van der Waals surface area contributed by atoms with Gasteiger partial charge in [-0.3, -0.25) is 4.79 Å². The van der Waals surface area contributed by atoms with Gasteiger partial charge in [0, 0.05) is 13.0 Å². The Morgan fingerprint density at radius 2 is 2.11 bits per heavy atom. The normalized spacial score (nSPS) is 9.47. The average molecular weight is 278 g/mol. The van der Waals surface area contributed by atoms with E-state index in [1.165, 1.54) is 0 Å². The van der Waals surface area contributed by atoms with Crippen LogP contribution in [0.3, 0.4) is 0 Å². The Balaban J connectivity index is 2.10. The lowest BCUT2D eigenvalue weighted by molar-refractivity contribution is -0.119. The van der Waals surface area contributed by atoms with E-state index in [9.17, 15) is 4.79 Å². The van der Waals surface area contributed by atoms with Gasteiger partial charge in [-0.1, -0.05) is 24.3 Å². The number of rotatable bonds is 7. The minimum Gasteiger partial charge on any atom is -0.494 e. The van der Waals surface area contributed by atoms with Crippen molar-refractivity contribution < 1.29 is 9.53 Å². The fourth-order valence-corrected chi connectivity index (χ4v) is 1.53. The Kier molecular flexibility index (Phi) is 7.27. The third-order valence-corrected chi connectivity index (χ3v) is 2.47. The van der Waals surface area contributed by atoms with E-state index in [4.69, 9.17) is 17.0 Å². The van der Waals surface area contributed by atoms with Crippen molar-refractivity contribution >= 4 is 23.2 Å². The van der Waals surface area contributed by atoms with Gasteiger partial charge in [0.05, 0.1) is 6.61 Å². The van der Waals surface area contributed by atoms with Crippen molar-refractivity contribution in [3.63, 3.8) is 0 Å². The molecule has 4 nitrogen and oxygen atoms in total. The van der Waals surface area contributed by atoms with E-state index in [-0.39, 0.29) is 5.91 Å². The SMILES string of the molecule is C=CCNC(=S)NC(=O)CCCOc1ccccc1. The molecule has 0 unspecified atom stereocenters. The van der Waals surface area contributed by atoms with E-state index in [0.717, 1.165) is 5.75 Å². The van der Waals surface area contributed by atoms with Gasteiger partial charge in [-0.25, -0.2) is 0 Å². The van der Waals surface area contributed by atoms with Crippen molar-refractivity contribution in [2.24, 2.45) is 0 Å². The molecule has 0 radical (unpaired) electrons. The number of hydrogen-bond acceptors (Lipinski definition) is 3. The lowest BCUT2D eigenvalue weighted by Crippen LogP contribution is -2.39. The van der Waals surface area contributed by atoms with Crippen molar-refractivity contribution in [2.75, 3.05) is 13.2 Å². The van der Waals surface area contributed by atoms with Gasteiger partial charge in [0.25, 0.3) is 0 Å². The monoisotopic (exact) mass is 278 g/mol. The van der Waals surface area contributed by atoms with Crippen LogP contribution < -0.4 is 15.4 Å². The standard InChI is InChI=1S/C14H18N2O2S/c1-2-10-15-14(19)16-13(17)9-6-11-18-12-7-4-3-5-8-12/h2-5,7-8H,1,6,9-11H2,(H2,15,16,17,19). The Labute approximate surface area is 118 Å². The molecule has 2 N–H and O–H groups in total. The zero-order valence-electron chi connectivity index (χ0n) is 10.7. The summed E-state index contributed by atoms with van der Waals surface area (Å²) in [5.41, 5.74) is 0. The maximum absolute atomic E-state index is 11.5. The molecule has 0 aromatic heterocycles. The van der Waals surface area contributed by atoms with Crippen LogP contribution in [0.5, 0.6) is 5.75 Å². The molecular formula is C14H18N2O2S. The fraction of sp³-hybridized carbons (Fsp3) is 0.286. The molecule has 0 spiro atoms. The molecule has 5 heteroatoms. The second kappa shape index (κ2) is 9.10. The third-order valence-electron chi connectivity index (χ3n) is 2.22. The zero-order chi connectivity index (χ0) is 13.9. The number of para-hydroxylation sites is 1. The predicted octanol–water partition coefficient (Wildman–Crippen LogP) is 2.02. The summed E-state index contributed by atoms with van der Waals surface area (Å²) in [4.78, 5) is 11.5. The highest BCUT2D eigenvalue weighted by Crippen LogP contribution is 2.08. The van der Waals surface area contributed by atoms with E-state index in [2.05, 4.69) is 17.2 Å². The molecule has 1 aromatic carbocycles. The van der Waals surface area contributed by atoms with Crippen LogP contribution in [0.15, 0.2) is 43.0 Å². The highest BCUT2D eigenvalue weighted by Gasteiger charge is 2.03. The molecule has 1 aromatic rings. The smallest absolute Gasteiger partial charge is 0.226 e. The van der Waals surface area contributed by atoms with Gasteiger partial charge in [0.15, 0.2) is 5.11 Å². The number of carbonyl (C=O) groups excluding carboxylic acids is 1. The molecule has 0 saturated heterocycles. The quantitative estimate of drug-likeness (QED) is 0.455. The van der Waals surface area contributed by atoms with E-state index < -0.39 is 0 Å². The van der Waals surface area contributed by atoms with E-state index >= 15 is 0 Å². The van der Waals surface area contributed by atoms with Crippen LogP contribution >= 0.6 is 12.2 Å². The summed E-state index contributed by atoms with van der Waals surface area (Å²) in [7, 11) is 0. The van der Waals surface area contributed by atoms with Crippen LogP contribution in [-0.4, -0.2) is 24.2 Å². The number of benzene rings is 1. The first kappa shape index (κ1) is 15.2. The number of hydrogen-bond donors (Lipinski definition) is 2. The highest BCUT2D eigenvalue weighted by molar-refractivity contribution is 7.80. The van der Waals surface area contributed by atoms with Crippen LogP contribution in [0.2, 0.25) is 0 Å². The van der Waals surface area contributed by atoms with Gasteiger partial charge < -0.3 is 15.4 Å². The van der Waals surface area contributed by atoms with Gasteiger partial charge in [-0.2, -0.15) is 0 Å². The maximum atomic E-state index is 11.5. The van der Waals surface area contributed by atoms with Crippen molar-refractivity contribution in [1.82, 2.24) is 10.6 Å². The highest BCUT2D eigenvalue weighted by atomic mass is 32.1. The van der Waals surface area contributed by atoms with Crippen molar-refractivity contribution in [2.45, 2.75) is 12.8 Å². The average Bonchev–Trinajstić information content (AvgIpc) is 2.42. The number of amides is 1. The molecule has 1 amide bonds. The molecular weight excluding hydrogens is 260 g/mol. The minimum atomic E-state index is -0.113. The van der Waals surface area contributed by atoms with Crippen LogP contribution in [0.25, 0.3) is 0 Å².